The van der Waals surface area contributed by atoms with Gasteiger partial charge in [-0.15, -0.1) is 0 Å². The lowest BCUT2D eigenvalue weighted by Crippen LogP contribution is -2.28. The van der Waals surface area contributed by atoms with Crippen molar-refractivity contribution in [1.82, 2.24) is 14.9 Å². The summed E-state index contributed by atoms with van der Waals surface area (Å²) in [7, 11) is 0. The third kappa shape index (κ3) is 4.11. The van der Waals surface area contributed by atoms with Crippen LogP contribution in [0.4, 0.5) is 0 Å². The van der Waals surface area contributed by atoms with Crippen molar-refractivity contribution in [3.8, 4) is 6.07 Å². The molecule has 3 aromatic rings. The molecule has 0 bridgehead atoms. The fraction of sp³-hybridized carbons (Fsp3) is 0.250. The van der Waals surface area contributed by atoms with Crippen LogP contribution in [0, 0.1) is 11.3 Å². The summed E-state index contributed by atoms with van der Waals surface area (Å²) in [6.45, 7) is 4.19. The molecule has 0 fully saturated rings. The van der Waals surface area contributed by atoms with Gasteiger partial charge in [0.2, 0.25) is 0 Å². The third-order valence-electron chi connectivity index (χ3n) is 4.07. The van der Waals surface area contributed by atoms with Crippen molar-refractivity contribution in [2.24, 2.45) is 0 Å². The first-order chi connectivity index (χ1) is 12.2. The number of benzene rings is 2. The van der Waals surface area contributed by atoms with E-state index in [2.05, 4.69) is 27.9 Å². The maximum atomic E-state index is 12.3. The molecule has 0 amide bonds. The highest BCUT2D eigenvalue weighted by Crippen LogP contribution is 2.11. The standard InChI is InChI=1S/C20H20N4O/c1-2-11-24(13-16-9-7-15(12-21)8-10-16)14-19-20(25)23-18-6-4-3-5-17(18)22-19/h3-10H,2,11,13-14H2,1H3,(H,23,25). The molecule has 0 unspecified atom stereocenters. The fourth-order valence-electron chi connectivity index (χ4n) is 2.86. The van der Waals surface area contributed by atoms with Gasteiger partial charge >= 0.3 is 0 Å². The smallest absolute Gasteiger partial charge is 0.271 e. The van der Waals surface area contributed by atoms with E-state index in [0.29, 0.717) is 24.3 Å². The number of nitrogens with one attached hydrogen (secondary N) is 1. The summed E-state index contributed by atoms with van der Waals surface area (Å²) in [5.41, 5.74) is 3.71. The summed E-state index contributed by atoms with van der Waals surface area (Å²) >= 11 is 0. The minimum atomic E-state index is -0.139. The van der Waals surface area contributed by atoms with Crippen molar-refractivity contribution in [3.63, 3.8) is 0 Å². The van der Waals surface area contributed by atoms with Gasteiger partial charge in [0.1, 0.15) is 5.69 Å². The number of para-hydroxylation sites is 2. The van der Waals surface area contributed by atoms with Crippen LogP contribution in [-0.2, 0) is 13.1 Å². The Morgan fingerprint density at radius 1 is 1.12 bits per heavy atom. The number of nitrogens with zero attached hydrogens (tertiary/aromatic N) is 3. The number of H-pyrrole nitrogens is 1. The van der Waals surface area contributed by atoms with Gasteiger partial charge in [0.15, 0.2) is 0 Å². The van der Waals surface area contributed by atoms with Gasteiger partial charge in [0, 0.05) is 13.1 Å². The number of nitriles is 1. The average molecular weight is 332 g/mol. The van der Waals surface area contributed by atoms with Gasteiger partial charge in [-0.05, 0) is 42.8 Å². The second kappa shape index (κ2) is 7.73. The molecule has 0 radical (unpaired) electrons. The number of fused-ring (bicyclic) bond motifs is 1. The molecule has 1 aromatic heterocycles. The average Bonchev–Trinajstić information content (AvgIpc) is 2.63. The highest BCUT2D eigenvalue weighted by atomic mass is 16.1. The molecular weight excluding hydrogens is 312 g/mol. The van der Waals surface area contributed by atoms with Crippen molar-refractivity contribution < 1.29 is 0 Å². The van der Waals surface area contributed by atoms with Crippen LogP contribution in [0.5, 0.6) is 0 Å². The molecule has 1 heterocycles. The molecule has 0 aliphatic carbocycles. The summed E-state index contributed by atoms with van der Waals surface area (Å²) in [6.07, 6.45) is 0.988. The lowest BCUT2D eigenvalue weighted by Gasteiger charge is -2.21. The van der Waals surface area contributed by atoms with Gasteiger partial charge in [-0.3, -0.25) is 9.69 Å². The molecular formula is C20H20N4O. The molecule has 2 aromatic carbocycles. The molecule has 25 heavy (non-hydrogen) atoms. The van der Waals surface area contributed by atoms with E-state index in [1.54, 1.807) is 0 Å². The maximum Gasteiger partial charge on any atom is 0.271 e. The zero-order valence-corrected chi connectivity index (χ0v) is 14.2. The van der Waals surface area contributed by atoms with Crippen LogP contribution in [0.1, 0.15) is 30.2 Å². The molecule has 1 N–H and O–H groups in total. The Kier molecular flexibility index (Phi) is 5.22. The summed E-state index contributed by atoms with van der Waals surface area (Å²) in [6, 6.07) is 17.2. The van der Waals surface area contributed by atoms with Crippen LogP contribution >= 0.6 is 0 Å². The SMILES string of the molecule is CCCN(Cc1ccc(C#N)cc1)Cc1nc2ccccc2[nH]c1=O. The van der Waals surface area contributed by atoms with Crippen LogP contribution in [-0.4, -0.2) is 21.4 Å². The van der Waals surface area contributed by atoms with Crippen LogP contribution in [0.15, 0.2) is 53.3 Å². The molecule has 5 heteroatoms. The molecule has 0 spiro atoms. The Morgan fingerprint density at radius 3 is 2.60 bits per heavy atom. The van der Waals surface area contributed by atoms with E-state index in [0.717, 1.165) is 29.6 Å². The zero-order valence-electron chi connectivity index (χ0n) is 14.2. The number of hydrogen-bond acceptors (Lipinski definition) is 4. The lowest BCUT2D eigenvalue weighted by atomic mass is 10.1. The Morgan fingerprint density at radius 2 is 1.88 bits per heavy atom. The van der Waals surface area contributed by atoms with Gasteiger partial charge in [0.05, 0.1) is 22.7 Å². The Labute approximate surface area is 146 Å². The predicted molar refractivity (Wildman–Crippen MR) is 97.9 cm³/mol. The largest absolute Gasteiger partial charge is 0.319 e. The molecule has 3 rings (SSSR count). The normalized spacial score (nSPS) is 10.9. The Bertz CT molecular complexity index is 954. The monoisotopic (exact) mass is 332 g/mol. The van der Waals surface area contributed by atoms with Crippen LogP contribution < -0.4 is 5.56 Å². The summed E-state index contributed by atoms with van der Waals surface area (Å²) in [5, 5.41) is 8.90. The quantitative estimate of drug-likeness (QED) is 0.752. The molecule has 0 saturated heterocycles. The first-order valence-corrected chi connectivity index (χ1v) is 8.39. The first kappa shape index (κ1) is 16.9. The minimum Gasteiger partial charge on any atom is -0.319 e. The van der Waals surface area contributed by atoms with E-state index in [4.69, 9.17) is 5.26 Å². The molecule has 0 aliphatic rings. The molecule has 5 nitrogen and oxygen atoms in total. The van der Waals surface area contributed by atoms with Crippen LogP contribution in [0.3, 0.4) is 0 Å². The molecule has 0 atom stereocenters. The van der Waals surface area contributed by atoms with Crippen molar-refractivity contribution in [2.45, 2.75) is 26.4 Å². The summed E-state index contributed by atoms with van der Waals surface area (Å²) in [4.78, 5) is 22.0. The second-order valence-electron chi connectivity index (χ2n) is 6.05. The highest BCUT2D eigenvalue weighted by molar-refractivity contribution is 5.73. The van der Waals surface area contributed by atoms with E-state index in [9.17, 15) is 4.79 Å². The highest BCUT2D eigenvalue weighted by Gasteiger charge is 2.11. The topological polar surface area (TPSA) is 72.8 Å². The van der Waals surface area contributed by atoms with E-state index in [1.165, 1.54) is 0 Å². The maximum absolute atomic E-state index is 12.3. The number of aromatic nitrogens is 2. The molecule has 126 valence electrons. The minimum absolute atomic E-state index is 0.139. The van der Waals surface area contributed by atoms with E-state index in [-0.39, 0.29) is 5.56 Å². The van der Waals surface area contributed by atoms with E-state index >= 15 is 0 Å². The molecule has 0 saturated carbocycles. The lowest BCUT2D eigenvalue weighted by molar-refractivity contribution is 0.253. The number of aromatic amines is 1. The van der Waals surface area contributed by atoms with Crippen molar-refractivity contribution in [1.29, 1.82) is 5.26 Å². The summed E-state index contributed by atoms with van der Waals surface area (Å²) in [5.74, 6) is 0. The van der Waals surface area contributed by atoms with Crippen molar-refractivity contribution in [3.05, 3.63) is 75.7 Å². The van der Waals surface area contributed by atoms with Crippen molar-refractivity contribution >= 4 is 11.0 Å². The zero-order chi connectivity index (χ0) is 17.6. The Hall–Kier alpha value is -2.97. The summed E-state index contributed by atoms with van der Waals surface area (Å²) < 4.78 is 0. The van der Waals surface area contributed by atoms with Gasteiger partial charge in [-0.1, -0.05) is 31.2 Å². The van der Waals surface area contributed by atoms with E-state index < -0.39 is 0 Å². The number of rotatable bonds is 6. The van der Waals surface area contributed by atoms with Gasteiger partial charge < -0.3 is 4.98 Å². The first-order valence-electron chi connectivity index (χ1n) is 8.39. The van der Waals surface area contributed by atoms with Crippen LogP contribution in [0.2, 0.25) is 0 Å². The molecule has 0 aliphatic heterocycles. The van der Waals surface area contributed by atoms with Gasteiger partial charge in [-0.25, -0.2) is 4.98 Å². The second-order valence-corrected chi connectivity index (χ2v) is 6.05. The number of hydrogen-bond donors (Lipinski definition) is 1. The van der Waals surface area contributed by atoms with Gasteiger partial charge in [0.25, 0.3) is 5.56 Å². The third-order valence-corrected chi connectivity index (χ3v) is 4.07. The fourth-order valence-corrected chi connectivity index (χ4v) is 2.86. The van der Waals surface area contributed by atoms with E-state index in [1.807, 2.05) is 48.5 Å². The predicted octanol–water partition coefficient (Wildman–Crippen LogP) is 3.21. The van der Waals surface area contributed by atoms with Gasteiger partial charge in [-0.2, -0.15) is 5.26 Å². The van der Waals surface area contributed by atoms with Crippen LogP contribution in [0.25, 0.3) is 11.0 Å². The van der Waals surface area contributed by atoms with Crippen molar-refractivity contribution in [2.75, 3.05) is 6.54 Å². The Balaban J connectivity index is 1.82.